The van der Waals surface area contributed by atoms with Gasteiger partial charge in [-0.3, -0.25) is 4.79 Å². The summed E-state index contributed by atoms with van der Waals surface area (Å²) in [5, 5.41) is 23.4. The van der Waals surface area contributed by atoms with Crippen LogP contribution in [0.4, 0.5) is 0 Å². The van der Waals surface area contributed by atoms with Crippen LogP contribution in [0.2, 0.25) is 0 Å². The fourth-order valence-electron chi connectivity index (χ4n) is 9.72. The maximum absolute atomic E-state index is 12.5. The van der Waals surface area contributed by atoms with Gasteiger partial charge in [-0.1, -0.05) is 331 Å². The van der Waals surface area contributed by atoms with E-state index >= 15 is 0 Å². The molecule has 0 spiro atoms. The van der Waals surface area contributed by atoms with Crippen LogP contribution in [0.15, 0.2) is 72.9 Å². The maximum atomic E-state index is 12.5. The average Bonchev–Trinajstić information content (AvgIpc) is 3.37. The fourth-order valence-corrected chi connectivity index (χ4v) is 9.72. The molecule has 0 aliphatic heterocycles. The van der Waals surface area contributed by atoms with Gasteiger partial charge >= 0.3 is 0 Å². The number of aliphatic hydroxyl groups is 2. The summed E-state index contributed by atoms with van der Waals surface area (Å²) in [4.78, 5) is 12.5. The maximum Gasteiger partial charge on any atom is 0.220 e. The zero-order chi connectivity index (χ0) is 51.3. The van der Waals surface area contributed by atoms with Gasteiger partial charge in [0.1, 0.15) is 0 Å². The lowest BCUT2D eigenvalue weighted by Crippen LogP contribution is -2.45. The van der Waals surface area contributed by atoms with E-state index in [1.807, 2.05) is 0 Å². The van der Waals surface area contributed by atoms with Crippen molar-refractivity contribution in [2.75, 3.05) is 6.61 Å². The van der Waals surface area contributed by atoms with Crippen molar-refractivity contribution < 1.29 is 15.0 Å². The third kappa shape index (κ3) is 58.6. The lowest BCUT2D eigenvalue weighted by atomic mass is 10.0. The second-order valence-corrected chi connectivity index (χ2v) is 21.5. The zero-order valence-corrected chi connectivity index (χ0v) is 47.7. The van der Waals surface area contributed by atoms with Crippen LogP contribution in [-0.4, -0.2) is 34.9 Å². The zero-order valence-electron chi connectivity index (χ0n) is 47.7. The predicted molar refractivity (Wildman–Crippen MR) is 317 cm³/mol. The monoisotopic (exact) mass is 990 g/mol. The van der Waals surface area contributed by atoms with Crippen LogP contribution < -0.4 is 5.32 Å². The van der Waals surface area contributed by atoms with E-state index in [2.05, 4.69) is 92.1 Å². The van der Waals surface area contributed by atoms with E-state index in [0.29, 0.717) is 12.8 Å². The van der Waals surface area contributed by atoms with E-state index in [0.717, 1.165) is 64.2 Å². The summed E-state index contributed by atoms with van der Waals surface area (Å²) in [5.74, 6) is -0.0296. The molecule has 414 valence electrons. The number of hydrogen-bond donors (Lipinski definition) is 3. The molecule has 0 saturated heterocycles. The van der Waals surface area contributed by atoms with Gasteiger partial charge in [0.05, 0.1) is 18.8 Å². The molecule has 0 aromatic carbocycles. The Kier molecular flexibility index (Phi) is 60.2. The molecule has 0 aromatic rings. The molecule has 0 aliphatic carbocycles. The fraction of sp³-hybridized carbons (Fsp3) is 0.806. The second kappa shape index (κ2) is 62.1. The summed E-state index contributed by atoms with van der Waals surface area (Å²) in [7, 11) is 0. The molecule has 2 atom stereocenters. The molecular formula is C67H123NO3. The summed E-state index contributed by atoms with van der Waals surface area (Å²) in [5.41, 5.74) is 0. The first kappa shape index (κ1) is 68.8. The van der Waals surface area contributed by atoms with Crippen molar-refractivity contribution in [1.29, 1.82) is 0 Å². The molecule has 0 aliphatic rings. The molecular weight excluding hydrogens is 867 g/mol. The van der Waals surface area contributed by atoms with Crippen molar-refractivity contribution in [3.05, 3.63) is 72.9 Å². The van der Waals surface area contributed by atoms with Crippen LogP contribution in [0.5, 0.6) is 0 Å². The molecule has 71 heavy (non-hydrogen) atoms. The number of carbonyl (C=O) groups excluding carboxylic acids is 1. The number of aliphatic hydroxyl groups excluding tert-OH is 2. The van der Waals surface area contributed by atoms with E-state index in [1.54, 1.807) is 0 Å². The lowest BCUT2D eigenvalue weighted by Gasteiger charge is -2.22. The van der Waals surface area contributed by atoms with Gasteiger partial charge in [0.15, 0.2) is 0 Å². The minimum absolute atomic E-state index is 0.0296. The topological polar surface area (TPSA) is 69.6 Å². The van der Waals surface area contributed by atoms with E-state index in [4.69, 9.17) is 0 Å². The Morgan fingerprint density at radius 1 is 0.352 bits per heavy atom. The largest absolute Gasteiger partial charge is 0.394 e. The first-order valence-corrected chi connectivity index (χ1v) is 31.6. The third-order valence-electron chi connectivity index (χ3n) is 14.5. The Bertz CT molecular complexity index is 1210. The van der Waals surface area contributed by atoms with Crippen LogP contribution in [0.3, 0.4) is 0 Å². The number of nitrogens with one attached hydrogen (secondary N) is 1. The van der Waals surface area contributed by atoms with Gasteiger partial charge in [-0.15, -0.1) is 0 Å². The van der Waals surface area contributed by atoms with Crippen molar-refractivity contribution >= 4 is 5.91 Å². The van der Waals surface area contributed by atoms with Crippen molar-refractivity contribution in [3.8, 4) is 0 Å². The molecule has 1 amide bonds. The first-order chi connectivity index (χ1) is 35.2. The number of amides is 1. The van der Waals surface area contributed by atoms with Gasteiger partial charge in [0.2, 0.25) is 5.91 Å². The molecule has 0 rings (SSSR count). The first-order valence-electron chi connectivity index (χ1n) is 31.6. The molecule has 0 aromatic heterocycles. The summed E-state index contributed by atoms with van der Waals surface area (Å²) in [6, 6.07) is -0.541. The highest BCUT2D eigenvalue weighted by molar-refractivity contribution is 5.76. The van der Waals surface area contributed by atoms with Crippen molar-refractivity contribution in [2.24, 2.45) is 0 Å². The van der Waals surface area contributed by atoms with Crippen LogP contribution in [0.1, 0.15) is 328 Å². The quantitative estimate of drug-likeness (QED) is 0.0420. The van der Waals surface area contributed by atoms with E-state index in [1.165, 1.54) is 238 Å². The molecule has 0 radical (unpaired) electrons. The molecule has 0 fully saturated rings. The van der Waals surface area contributed by atoms with Crippen LogP contribution in [0, 0.1) is 0 Å². The van der Waals surface area contributed by atoms with Gasteiger partial charge < -0.3 is 15.5 Å². The number of hydrogen-bond acceptors (Lipinski definition) is 3. The molecule has 4 heteroatoms. The minimum atomic E-state index is -0.664. The third-order valence-corrected chi connectivity index (χ3v) is 14.5. The molecule has 0 bridgehead atoms. The predicted octanol–water partition coefficient (Wildman–Crippen LogP) is 21.3. The molecule has 4 nitrogen and oxygen atoms in total. The second-order valence-electron chi connectivity index (χ2n) is 21.5. The van der Waals surface area contributed by atoms with Gasteiger partial charge in [-0.2, -0.15) is 0 Å². The smallest absolute Gasteiger partial charge is 0.220 e. The van der Waals surface area contributed by atoms with Crippen molar-refractivity contribution in [1.82, 2.24) is 5.32 Å². The molecule has 0 heterocycles. The van der Waals surface area contributed by atoms with E-state index in [-0.39, 0.29) is 12.5 Å². The number of unbranched alkanes of at least 4 members (excludes halogenated alkanes) is 39. The summed E-state index contributed by atoms with van der Waals surface area (Å²) < 4.78 is 0. The van der Waals surface area contributed by atoms with Gasteiger partial charge in [0, 0.05) is 6.42 Å². The van der Waals surface area contributed by atoms with Gasteiger partial charge in [-0.05, 0) is 64.2 Å². The molecule has 2 unspecified atom stereocenters. The summed E-state index contributed by atoms with van der Waals surface area (Å²) >= 11 is 0. The Labute approximate surface area is 444 Å². The number of allylic oxidation sites excluding steroid dienone is 12. The molecule has 3 N–H and O–H groups in total. The van der Waals surface area contributed by atoms with Gasteiger partial charge in [0.25, 0.3) is 0 Å². The van der Waals surface area contributed by atoms with Crippen molar-refractivity contribution in [2.45, 2.75) is 341 Å². The number of carbonyl (C=O) groups is 1. The van der Waals surface area contributed by atoms with Crippen LogP contribution in [0.25, 0.3) is 0 Å². The Hall–Kier alpha value is -2.17. The Balaban J connectivity index is 3.46. The SMILES string of the molecule is CC/C=C\C/C=C\C/C=C\C/C=C\C/C=C\C/C=C\CCCCCCCCCCCCCCCCC(=O)NC(CO)C(O)CCCCCCCCCCCCCCCCCCCCCCCCCCCC. The highest BCUT2D eigenvalue weighted by Crippen LogP contribution is 2.18. The van der Waals surface area contributed by atoms with Crippen LogP contribution in [-0.2, 0) is 4.79 Å². The van der Waals surface area contributed by atoms with E-state index < -0.39 is 12.1 Å². The number of rotatable bonds is 58. The normalized spacial score (nSPS) is 13.2. The molecule has 0 saturated carbocycles. The van der Waals surface area contributed by atoms with Gasteiger partial charge in [-0.25, -0.2) is 0 Å². The van der Waals surface area contributed by atoms with Crippen LogP contribution >= 0.6 is 0 Å². The standard InChI is InChI=1S/C67H123NO3/c1-3-5-7-9-11-13-15-17-19-21-23-25-27-29-31-32-33-34-35-36-37-39-41-43-45-47-49-51-53-55-57-59-61-63-67(71)68-65(64-69)66(70)62-60-58-56-54-52-50-48-46-44-42-40-38-30-28-26-24-22-20-18-16-14-12-10-8-6-4-2/h5,7,11,13,17,19,23,25,29,31,33-34,65-66,69-70H,3-4,6,8-10,12,14-16,18,20-22,24,26-28,30,32,35-64H2,1-2H3,(H,68,71)/b7-5-,13-11-,19-17-,25-23-,31-29-,34-33-. The summed E-state index contributed by atoms with van der Waals surface area (Å²) in [6.45, 7) is 4.27. The highest BCUT2D eigenvalue weighted by Gasteiger charge is 2.20. The van der Waals surface area contributed by atoms with E-state index in [9.17, 15) is 15.0 Å². The Morgan fingerprint density at radius 3 is 0.930 bits per heavy atom. The highest BCUT2D eigenvalue weighted by atomic mass is 16.3. The minimum Gasteiger partial charge on any atom is -0.394 e. The van der Waals surface area contributed by atoms with Crippen molar-refractivity contribution in [3.63, 3.8) is 0 Å². The Morgan fingerprint density at radius 2 is 0.620 bits per heavy atom. The lowest BCUT2D eigenvalue weighted by molar-refractivity contribution is -0.123. The average molecular weight is 991 g/mol. The summed E-state index contributed by atoms with van der Waals surface area (Å²) in [6.07, 6.45) is 89.2.